The van der Waals surface area contributed by atoms with E-state index in [0.717, 1.165) is 31.6 Å². The van der Waals surface area contributed by atoms with Gasteiger partial charge in [-0.1, -0.05) is 13.8 Å². The van der Waals surface area contributed by atoms with E-state index in [4.69, 9.17) is 4.74 Å². The van der Waals surface area contributed by atoms with Crippen LogP contribution in [0.1, 0.15) is 69.2 Å². The fourth-order valence-electron chi connectivity index (χ4n) is 3.59. The van der Waals surface area contributed by atoms with Gasteiger partial charge in [0.05, 0.1) is 18.3 Å². The summed E-state index contributed by atoms with van der Waals surface area (Å²) < 4.78 is 37.5. The lowest BCUT2D eigenvalue weighted by molar-refractivity contribution is 0.0662. The average molecular weight is 395 g/mol. The van der Waals surface area contributed by atoms with Crippen molar-refractivity contribution >= 4 is 10.0 Å². The molecule has 0 unspecified atom stereocenters. The molecule has 1 saturated heterocycles. The number of aryl methyl sites for hydroxylation is 1. The second-order valence-corrected chi connectivity index (χ2v) is 9.24. The molecule has 1 atom stereocenters. The van der Waals surface area contributed by atoms with Gasteiger partial charge in [0.15, 0.2) is 5.82 Å². The molecule has 4 heterocycles. The molecule has 2 aliphatic heterocycles. The Morgan fingerprint density at radius 2 is 2.04 bits per heavy atom. The molecule has 0 aromatic carbocycles. The predicted octanol–water partition coefficient (Wildman–Crippen LogP) is 1.76. The summed E-state index contributed by atoms with van der Waals surface area (Å²) in [5, 5.41) is 8.79. The van der Waals surface area contributed by atoms with Gasteiger partial charge in [0.1, 0.15) is 10.7 Å². The van der Waals surface area contributed by atoms with Crippen molar-refractivity contribution in [2.75, 3.05) is 13.2 Å². The predicted molar refractivity (Wildman–Crippen MR) is 97.7 cm³/mol. The van der Waals surface area contributed by atoms with E-state index in [1.807, 2.05) is 18.5 Å². The van der Waals surface area contributed by atoms with Crippen LogP contribution >= 0.6 is 0 Å². The number of hydrogen-bond donors (Lipinski definition) is 1. The summed E-state index contributed by atoms with van der Waals surface area (Å²) >= 11 is 0. The Labute approximate surface area is 159 Å². The first kappa shape index (κ1) is 18.6. The molecule has 0 aliphatic carbocycles. The van der Waals surface area contributed by atoms with Crippen LogP contribution in [0.25, 0.3) is 0 Å². The lowest BCUT2D eigenvalue weighted by Crippen LogP contribution is -2.33. The van der Waals surface area contributed by atoms with Crippen LogP contribution in [-0.2, 0) is 21.3 Å². The largest absolute Gasteiger partial charge is 0.381 e. The molecular weight excluding hydrogens is 368 g/mol. The van der Waals surface area contributed by atoms with Crippen molar-refractivity contribution in [2.24, 2.45) is 0 Å². The van der Waals surface area contributed by atoms with Gasteiger partial charge in [-0.2, -0.15) is 10.2 Å². The Bertz CT molecular complexity index is 898. The molecule has 0 spiro atoms. The molecular formula is C17H26N6O3S. The van der Waals surface area contributed by atoms with Crippen molar-refractivity contribution in [3.8, 4) is 0 Å². The Morgan fingerprint density at radius 3 is 2.78 bits per heavy atom. The minimum absolute atomic E-state index is 0.189. The zero-order valence-electron chi connectivity index (χ0n) is 15.7. The summed E-state index contributed by atoms with van der Waals surface area (Å²) in [6, 6.07) is -0.177. The van der Waals surface area contributed by atoms with E-state index < -0.39 is 10.0 Å². The van der Waals surface area contributed by atoms with Crippen LogP contribution < -0.4 is 4.72 Å². The third kappa shape index (κ3) is 3.78. The molecule has 4 rings (SSSR count). The van der Waals surface area contributed by atoms with Crippen LogP contribution in [0, 0.1) is 0 Å². The molecule has 1 N–H and O–H groups in total. The summed E-state index contributed by atoms with van der Waals surface area (Å²) in [6.45, 7) is 6.20. The van der Waals surface area contributed by atoms with Gasteiger partial charge in [-0.05, 0) is 25.7 Å². The molecule has 27 heavy (non-hydrogen) atoms. The Kier molecular flexibility index (Phi) is 5.04. The van der Waals surface area contributed by atoms with Gasteiger partial charge in [-0.3, -0.25) is 4.68 Å². The number of ether oxygens (including phenoxy) is 1. The van der Waals surface area contributed by atoms with E-state index in [-0.39, 0.29) is 22.9 Å². The van der Waals surface area contributed by atoms with Gasteiger partial charge in [0.2, 0.25) is 10.0 Å². The molecule has 0 bridgehead atoms. The minimum Gasteiger partial charge on any atom is -0.381 e. The van der Waals surface area contributed by atoms with Gasteiger partial charge in [-0.15, -0.1) is 0 Å². The van der Waals surface area contributed by atoms with Gasteiger partial charge in [0, 0.05) is 31.9 Å². The maximum Gasteiger partial charge on any atom is 0.244 e. The van der Waals surface area contributed by atoms with Crippen molar-refractivity contribution in [1.82, 2.24) is 29.3 Å². The first-order chi connectivity index (χ1) is 12.9. The van der Waals surface area contributed by atoms with Crippen molar-refractivity contribution in [3.63, 3.8) is 0 Å². The van der Waals surface area contributed by atoms with E-state index in [0.29, 0.717) is 25.5 Å². The normalized spacial score (nSPS) is 21.5. The highest BCUT2D eigenvalue weighted by Gasteiger charge is 2.30. The lowest BCUT2D eigenvalue weighted by atomic mass is 10.1. The zero-order valence-corrected chi connectivity index (χ0v) is 16.5. The third-order valence-electron chi connectivity index (χ3n) is 5.16. The van der Waals surface area contributed by atoms with E-state index in [1.165, 1.54) is 6.20 Å². The van der Waals surface area contributed by atoms with Crippen LogP contribution in [0.15, 0.2) is 17.3 Å². The maximum absolute atomic E-state index is 12.9. The van der Waals surface area contributed by atoms with Crippen LogP contribution in [-0.4, -0.2) is 46.2 Å². The second kappa shape index (κ2) is 7.33. The number of aromatic nitrogens is 5. The number of nitrogens with zero attached hydrogens (tertiary/aromatic N) is 5. The molecule has 0 amide bonds. The number of fused-ring (bicyclic) bond motifs is 1. The quantitative estimate of drug-likeness (QED) is 0.829. The molecule has 0 saturated carbocycles. The fourth-order valence-corrected chi connectivity index (χ4v) is 4.76. The highest BCUT2D eigenvalue weighted by molar-refractivity contribution is 7.89. The summed E-state index contributed by atoms with van der Waals surface area (Å²) in [5.41, 5.74) is 0. The number of rotatable bonds is 5. The first-order valence-electron chi connectivity index (χ1n) is 9.53. The minimum atomic E-state index is -3.68. The summed E-state index contributed by atoms with van der Waals surface area (Å²) in [5.74, 6) is 1.66. The standard InChI is InChI=1S/C17H26N6O3S/c1-12(2)16-19-17-15(4-3-7-22(17)20-16)21-27(24,25)14-10-18-23(11-14)13-5-8-26-9-6-13/h10-13,15,21H,3-9H2,1-2H3/t15-/m1/s1. The molecule has 148 valence electrons. The van der Waals surface area contributed by atoms with E-state index in [9.17, 15) is 8.42 Å². The summed E-state index contributed by atoms with van der Waals surface area (Å²) in [4.78, 5) is 4.77. The van der Waals surface area contributed by atoms with Crippen LogP contribution in [0.4, 0.5) is 0 Å². The molecule has 1 fully saturated rings. The topological polar surface area (TPSA) is 104 Å². The SMILES string of the molecule is CC(C)c1nc2n(n1)CCC[C@H]2NS(=O)(=O)c1cnn(C2CCOCC2)c1. The monoisotopic (exact) mass is 394 g/mol. The van der Waals surface area contributed by atoms with Gasteiger partial charge in [-0.25, -0.2) is 22.8 Å². The van der Waals surface area contributed by atoms with Crippen LogP contribution in [0.3, 0.4) is 0 Å². The Balaban J connectivity index is 1.53. The number of nitrogens with one attached hydrogen (secondary N) is 1. The van der Waals surface area contributed by atoms with E-state index in [1.54, 1.807) is 10.9 Å². The van der Waals surface area contributed by atoms with Crippen molar-refractivity contribution in [2.45, 2.75) is 69.0 Å². The molecule has 10 heteroatoms. The van der Waals surface area contributed by atoms with Gasteiger partial charge in [0.25, 0.3) is 0 Å². The molecule has 2 aromatic heterocycles. The van der Waals surface area contributed by atoms with Gasteiger partial charge >= 0.3 is 0 Å². The Morgan fingerprint density at radius 1 is 1.26 bits per heavy atom. The first-order valence-corrected chi connectivity index (χ1v) is 11.0. The molecule has 2 aromatic rings. The zero-order chi connectivity index (χ0) is 19.0. The Hall–Kier alpha value is -1.78. The lowest BCUT2D eigenvalue weighted by Gasteiger charge is -2.23. The van der Waals surface area contributed by atoms with Crippen molar-refractivity contribution in [3.05, 3.63) is 24.0 Å². The summed E-state index contributed by atoms with van der Waals surface area (Å²) in [7, 11) is -3.68. The van der Waals surface area contributed by atoms with Crippen molar-refractivity contribution < 1.29 is 13.2 Å². The third-order valence-corrected chi connectivity index (χ3v) is 6.58. The molecule has 9 nitrogen and oxygen atoms in total. The van der Waals surface area contributed by atoms with Crippen LogP contribution in [0.2, 0.25) is 0 Å². The summed E-state index contributed by atoms with van der Waals surface area (Å²) in [6.07, 6.45) is 6.30. The van der Waals surface area contributed by atoms with E-state index >= 15 is 0 Å². The second-order valence-electron chi connectivity index (χ2n) is 7.52. The smallest absolute Gasteiger partial charge is 0.244 e. The molecule has 0 radical (unpaired) electrons. The highest BCUT2D eigenvalue weighted by Crippen LogP contribution is 2.27. The average Bonchev–Trinajstić information content (AvgIpc) is 3.30. The fraction of sp³-hybridized carbons (Fsp3) is 0.706. The number of sulfonamides is 1. The van der Waals surface area contributed by atoms with Crippen molar-refractivity contribution in [1.29, 1.82) is 0 Å². The van der Waals surface area contributed by atoms with Crippen LogP contribution in [0.5, 0.6) is 0 Å². The highest BCUT2D eigenvalue weighted by atomic mass is 32.2. The molecule has 2 aliphatic rings. The van der Waals surface area contributed by atoms with E-state index in [2.05, 4.69) is 19.9 Å². The number of hydrogen-bond acceptors (Lipinski definition) is 6. The van der Waals surface area contributed by atoms with Gasteiger partial charge < -0.3 is 4.74 Å². The maximum atomic E-state index is 12.9.